The first-order valence-electron chi connectivity index (χ1n) is 5.11. The van der Waals surface area contributed by atoms with Crippen LogP contribution in [0, 0.1) is 0 Å². The average Bonchev–Trinajstić information content (AvgIpc) is 2.87. The van der Waals surface area contributed by atoms with Gasteiger partial charge in [-0.25, -0.2) is 0 Å². The van der Waals surface area contributed by atoms with Gasteiger partial charge in [-0.05, 0) is 11.6 Å². The summed E-state index contributed by atoms with van der Waals surface area (Å²) >= 11 is 0. The first-order chi connectivity index (χ1) is 7.42. The molecule has 2 heterocycles. The number of hydrogen-bond donors (Lipinski definition) is 0. The lowest BCUT2D eigenvalue weighted by molar-refractivity contribution is 0.463. The number of rotatable bonds is 2. The Hall–Kier alpha value is -1.48. The Morgan fingerprint density at radius 1 is 1.25 bits per heavy atom. The van der Waals surface area contributed by atoms with Crippen molar-refractivity contribution in [2.24, 2.45) is 4.99 Å². The van der Waals surface area contributed by atoms with Gasteiger partial charge in [0.1, 0.15) is 0 Å². The van der Waals surface area contributed by atoms with E-state index < -0.39 is 0 Å². The summed E-state index contributed by atoms with van der Waals surface area (Å²) in [4.78, 5) is 6.42. The summed E-state index contributed by atoms with van der Waals surface area (Å²) in [6, 6.07) is 6.41. The van der Waals surface area contributed by atoms with Crippen LogP contribution in [0.25, 0.3) is 10.8 Å². The largest absolute Gasteiger partial charge is 0.471 e. The molecule has 0 unspecified atom stereocenters. The molecule has 3 nitrogen and oxygen atoms in total. The molecule has 0 saturated heterocycles. The number of benzene rings is 1. The lowest BCUT2D eigenvalue weighted by atomic mass is 10.1. The van der Waals surface area contributed by atoms with Crippen LogP contribution in [0.5, 0.6) is 0 Å². The fraction of sp³-hybridized carbons (Fsp3) is 0.250. The smallest absolute Gasteiger partial charge is 0.0981 e. The third-order valence-corrected chi connectivity index (χ3v) is 2.69. The second kappa shape index (κ2) is 4.58. The Kier molecular flexibility index (Phi) is 3.15. The molecule has 1 aromatic carbocycles. The Balaban J connectivity index is 0.000000963. The van der Waals surface area contributed by atoms with Crippen molar-refractivity contribution in [3.05, 3.63) is 36.3 Å². The van der Waals surface area contributed by atoms with Gasteiger partial charge in [0.2, 0.25) is 0 Å². The fourth-order valence-electron chi connectivity index (χ4n) is 1.88. The average molecular weight is 237 g/mol. The Morgan fingerprint density at radius 2 is 2.12 bits per heavy atom. The standard InChI is InChI=1S/C12H12N2O.ClH/c1-2-11-7-15-8-12(11)5-10(1)6-14-4-3-13-9-14;/h1-2,5,7-9H,3-4,6H2;1H. The lowest BCUT2D eigenvalue weighted by Crippen LogP contribution is -2.18. The van der Waals surface area contributed by atoms with E-state index in [0.717, 1.165) is 25.0 Å². The SMILES string of the molecule is C1=NCCN1Cc1ccc2cocc2c1.Cl. The van der Waals surface area contributed by atoms with Gasteiger partial charge in [-0.3, -0.25) is 4.99 Å². The zero-order valence-corrected chi connectivity index (χ0v) is 9.61. The van der Waals surface area contributed by atoms with Crippen LogP contribution in [0.15, 0.2) is 40.1 Å². The highest BCUT2D eigenvalue weighted by Gasteiger charge is 2.06. The summed E-state index contributed by atoms with van der Waals surface area (Å²) in [5.41, 5.74) is 1.30. The predicted octanol–water partition coefficient (Wildman–Crippen LogP) is 2.70. The van der Waals surface area contributed by atoms with Crippen molar-refractivity contribution in [1.82, 2.24) is 4.90 Å². The summed E-state index contributed by atoms with van der Waals surface area (Å²) in [6.45, 7) is 2.89. The van der Waals surface area contributed by atoms with Gasteiger partial charge in [0, 0.05) is 23.9 Å². The van der Waals surface area contributed by atoms with Crippen molar-refractivity contribution >= 4 is 29.5 Å². The fourth-order valence-corrected chi connectivity index (χ4v) is 1.88. The van der Waals surface area contributed by atoms with Crippen LogP contribution in [0.3, 0.4) is 0 Å². The van der Waals surface area contributed by atoms with Gasteiger partial charge in [-0.2, -0.15) is 0 Å². The van der Waals surface area contributed by atoms with Crippen molar-refractivity contribution < 1.29 is 4.42 Å². The Morgan fingerprint density at radius 3 is 2.94 bits per heavy atom. The molecule has 16 heavy (non-hydrogen) atoms. The summed E-state index contributed by atoms with van der Waals surface area (Å²) in [6.07, 6.45) is 5.49. The predicted molar refractivity (Wildman–Crippen MR) is 67.2 cm³/mol. The summed E-state index contributed by atoms with van der Waals surface area (Å²) in [5, 5.41) is 2.33. The first-order valence-corrected chi connectivity index (χ1v) is 5.11. The van der Waals surface area contributed by atoms with Crippen LogP contribution in [0.2, 0.25) is 0 Å². The highest BCUT2D eigenvalue weighted by molar-refractivity contribution is 5.85. The van der Waals surface area contributed by atoms with Crippen LogP contribution in [-0.2, 0) is 6.54 Å². The summed E-state index contributed by atoms with van der Waals surface area (Å²) in [5.74, 6) is 0. The summed E-state index contributed by atoms with van der Waals surface area (Å²) < 4.78 is 5.15. The van der Waals surface area contributed by atoms with Crippen molar-refractivity contribution in [3.8, 4) is 0 Å². The quantitative estimate of drug-likeness (QED) is 0.802. The molecule has 1 aromatic heterocycles. The third kappa shape index (κ3) is 2.04. The van der Waals surface area contributed by atoms with E-state index in [2.05, 4.69) is 28.1 Å². The maximum absolute atomic E-state index is 5.15. The van der Waals surface area contributed by atoms with E-state index in [1.807, 2.05) is 6.34 Å². The van der Waals surface area contributed by atoms with Crippen LogP contribution in [-0.4, -0.2) is 24.3 Å². The van der Waals surface area contributed by atoms with E-state index in [9.17, 15) is 0 Å². The molecule has 1 aliphatic rings. The van der Waals surface area contributed by atoms with E-state index >= 15 is 0 Å². The number of furan rings is 1. The number of fused-ring (bicyclic) bond motifs is 1. The summed E-state index contributed by atoms with van der Waals surface area (Å²) in [7, 11) is 0. The molecule has 0 atom stereocenters. The maximum Gasteiger partial charge on any atom is 0.0981 e. The van der Waals surface area contributed by atoms with Gasteiger partial charge in [0.25, 0.3) is 0 Å². The van der Waals surface area contributed by atoms with Gasteiger partial charge in [-0.15, -0.1) is 12.4 Å². The molecule has 3 rings (SSSR count). The van der Waals surface area contributed by atoms with E-state index in [1.165, 1.54) is 10.9 Å². The minimum atomic E-state index is 0. The van der Waals surface area contributed by atoms with Crippen molar-refractivity contribution in [1.29, 1.82) is 0 Å². The highest BCUT2D eigenvalue weighted by atomic mass is 35.5. The Labute approximate surface area is 100 Å². The maximum atomic E-state index is 5.15. The van der Waals surface area contributed by atoms with Gasteiger partial charge in [0.05, 0.1) is 25.4 Å². The number of aliphatic imine (C=N–C) groups is 1. The highest BCUT2D eigenvalue weighted by Crippen LogP contribution is 2.18. The van der Waals surface area contributed by atoms with E-state index in [-0.39, 0.29) is 12.4 Å². The number of halogens is 1. The van der Waals surface area contributed by atoms with Crippen LogP contribution < -0.4 is 0 Å². The first kappa shape index (κ1) is 11.0. The van der Waals surface area contributed by atoms with Crippen LogP contribution in [0.1, 0.15) is 5.56 Å². The van der Waals surface area contributed by atoms with Crippen molar-refractivity contribution in [2.75, 3.05) is 13.1 Å². The molecular formula is C12H13ClN2O. The molecular weight excluding hydrogens is 224 g/mol. The molecule has 4 heteroatoms. The van der Waals surface area contributed by atoms with E-state index in [1.54, 1.807) is 12.5 Å². The second-order valence-electron chi connectivity index (χ2n) is 3.83. The van der Waals surface area contributed by atoms with E-state index in [0.29, 0.717) is 0 Å². The monoisotopic (exact) mass is 236 g/mol. The normalized spacial score (nSPS) is 14.4. The molecule has 84 valence electrons. The molecule has 0 fully saturated rings. The van der Waals surface area contributed by atoms with Crippen LogP contribution in [0.4, 0.5) is 0 Å². The third-order valence-electron chi connectivity index (χ3n) is 2.69. The number of nitrogens with zero attached hydrogens (tertiary/aromatic N) is 2. The molecule has 2 aromatic rings. The van der Waals surface area contributed by atoms with Gasteiger partial charge in [0.15, 0.2) is 0 Å². The lowest BCUT2D eigenvalue weighted by Gasteiger charge is -2.13. The number of hydrogen-bond acceptors (Lipinski definition) is 3. The van der Waals surface area contributed by atoms with Gasteiger partial charge < -0.3 is 9.32 Å². The molecule has 0 N–H and O–H groups in total. The van der Waals surface area contributed by atoms with Gasteiger partial charge in [-0.1, -0.05) is 12.1 Å². The Bertz CT molecular complexity index is 506. The molecule has 0 saturated carbocycles. The zero-order chi connectivity index (χ0) is 10.1. The molecule has 0 aliphatic carbocycles. The zero-order valence-electron chi connectivity index (χ0n) is 8.80. The topological polar surface area (TPSA) is 28.7 Å². The molecule has 0 spiro atoms. The minimum Gasteiger partial charge on any atom is -0.471 e. The van der Waals surface area contributed by atoms with Crippen molar-refractivity contribution in [3.63, 3.8) is 0 Å². The van der Waals surface area contributed by atoms with Crippen molar-refractivity contribution in [2.45, 2.75) is 6.54 Å². The second-order valence-corrected chi connectivity index (χ2v) is 3.83. The van der Waals surface area contributed by atoms with Crippen LogP contribution >= 0.6 is 12.4 Å². The van der Waals surface area contributed by atoms with Gasteiger partial charge >= 0.3 is 0 Å². The van der Waals surface area contributed by atoms with E-state index in [4.69, 9.17) is 4.42 Å². The minimum absolute atomic E-state index is 0. The molecule has 0 bridgehead atoms. The molecule has 0 amide bonds. The molecule has 1 aliphatic heterocycles. The molecule has 0 radical (unpaired) electrons.